The van der Waals surface area contributed by atoms with Gasteiger partial charge in [0.25, 0.3) is 0 Å². The van der Waals surface area contributed by atoms with Crippen LogP contribution in [0.5, 0.6) is 0 Å². The second-order valence-corrected chi connectivity index (χ2v) is 4.45. The first kappa shape index (κ1) is 12.5. The van der Waals surface area contributed by atoms with Gasteiger partial charge < -0.3 is 9.73 Å². The normalized spacial score (nSPS) is 10.7. The molecule has 0 unspecified atom stereocenters. The zero-order valence-electron chi connectivity index (χ0n) is 9.92. The summed E-state index contributed by atoms with van der Waals surface area (Å²) in [5, 5.41) is 2.80. The van der Waals surface area contributed by atoms with Crippen molar-refractivity contribution in [3.63, 3.8) is 0 Å². The van der Waals surface area contributed by atoms with Crippen LogP contribution < -0.4 is 5.32 Å². The molecule has 2 rings (SSSR count). The molecule has 3 nitrogen and oxygen atoms in total. The van der Waals surface area contributed by atoms with Gasteiger partial charge in [-0.15, -0.1) is 11.8 Å². The number of carbonyl (C=O) groups excluding carboxylic acids is 1. The topological polar surface area (TPSA) is 42.2 Å². The lowest BCUT2D eigenvalue weighted by molar-refractivity contribution is -0.111. The van der Waals surface area contributed by atoms with E-state index in [0.29, 0.717) is 5.76 Å². The number of carbonyl (C=O) groups is 1. The summed E-state index contributed by atoms with van der Waals surface area (Å²) in [5.41, 5.74) is 0.788. The second-order valence-electron chi connectivity index (χ2n) is 3.57. The molecule has 0 spiro atoms. The summed E-state index contributed by atoms with van der Waals surface area (Å²) in [6, 6.07) is 11.3. The van der Waals surface area contributed by atoms with Gasteiger partial charge in [-0.1, -0.05) is 6.07 Å². The van der Waals surface area contributed by atoms with Gasteiger partial charge in [0.15, 0.2) is 0 Å². The Kier molecular flexibility index (Phi) is 4.25. The van der Waals surface area contributed by atoms with Crippen molar-refractivity contribution in [1.29, 1.82) is 0 Å². The van der Waals surface area contributed by atoms with Crippen LogP contribution in [0.2, 0.25) is 0 Å². The van der Waals surface area contributed by atoms with Gasteiger partial charge >= 0.3 is 0 Å². The van der Waals surface area contributed by atoms with Gasteiger partial charge in [0.05, 0.1) is 6.26 Å². The van der Waals surface area contributed by atoms with E-state index in [4.69, 9.17) is 4.42 Å². The molecule has 0 fully saturated rings. The Bertz CT molecular complexity index is 547. The third kappa shape index (κ3) is 3.53. The summed E-state index contributed by atoms with van der Waals surface area (Å²) >= 11 is 1.64. The molecule has 4 heteroatoms. The lowest BCUT2D eigenvalue weighted by Gasteiger charge is -2.03. The Hall–Kier alpha value is -1.94. The predicted molar refractivity (Wildman–Crippen MR) is 74.6 cm³/mol. The highest BCUT2D eigenvalue weighted by Gasteiger charge is 1.99. The SMILES string of the molecule is CSc1cccc(NC(=O)/C=C/c2ccco2)c1. The number of hydrogen-bond acceptors (Lipinski definition) is 3. The largest absolute Gasteiger partial charge is 0.465 e. The molecule has 0 saturated carbocycles. The van der Waals surface area contributed by atoms with Crippen LogP contribution >= 0.6 is 11.8 Å². The molecule has 0 radical (unpaired) electrons. The lowest BCUT2D eigenvalue weighted by Crippen LogP contribution is -2.07. The molecule has 0 aliphatic rings. The fourth-order valence-corrected chi connectivity index (χ4v) is 1.89. The Labute approximate surface area is 110 Å². The van der Waals surface area contributed by atoms with Crippen LogP contribution in [0, 0.1) is 0 Å². The van der Waals surface area contributed by atoms with E-state index >= 15 is 0 Å². The summed E-state index contributed by atoms with van der Waals surface area (Å²) < 4.78 is 5.10. The van der Waals surface area contributed by atoms with Gasteiger partial charge in [-0.25, -0.2) is 0 Å². The number of furan rings is 1. The van der Waals surface area contributed by atoms with Crippen molar-refractivity contribution in [3.8, 4) is 0 Å². The number of hydrogen-bond donors (Lipinski definition) is 1. The Morgan fingerprint density at radius 2 is 2.22 bits per heavy atom. The van der Waals surface area contributed by atoms with Crippen LogP contribution in [0.1, 0.15) is 5.76 Å². The zero-order chi connectivity index (χ0) is 12.8. The summed E-state index contributed by atoms with van der Waals surface area (Å²) in [4.78, 5) is 12.8. The van der Waals surface area contributed by atoms with Gasteiger partial charge in [0, 0.05) is 16.7 Å². The molecule has 1 heterocycles. The average Bonchev–Trinajstić information content (AvgIpc) is 2.90. The standard InChI is InChI=1S/C14H13NO2S/c1-18-13-6-2-4-11(10-13)15-14(16)8-7-12-5-3-9-17-12/h2-10H,1H3,(H,15,16)/b8-7+. The van der Waals surface area contributed by atoms with E-state index in [-0.39, 0.29) is 5.91 Å². The molecule has 1 N–H and O–H groups in total. The molecule has 18 heavy (non-hydrogen) atoms. The van der Waals surface area contributed by atoms with Gasteiger partial charge in [-0.05, 0) is 42.7 Å². The fourth-order valence-electron chi connectivity index (χ4n) is 1.43. The molecule has 0 aliphatic heterocycles. The summed E-state index contributed by atoms with van der Waals surface area (Å²) in [7, 11) is 0. The van der Waals surface area contributed by atoms with Gasteiger partial charge in [0.1, 0.15) is 5.76 Å². The van der Waals surface area contributed by atoms with Crippen molar-refractivity contribution < 1.29 is 9.21 Å². The number of nitrogens with one attached hydrogen (secondary N) is 1. The number of anilines is 1. The van der Waals surface area contributed by atoms with E-state index in [9.17, 15) is 4.79 Å². The molecule has 1 aromatic carbocycles. The van der Waals surface area contributed by atoms with E-state index < -0.39 is 0 Å². The molecule has 2 aromatic rings. The van der Waals surface area contributed by atoms with Crippen LogP contribution in [0.4, 0.5) is 5.69 Å². The molecule has 1 aromatic heterocycles. The van der Waals surface area contributed by atoms with Crippen molar-refractivity contribution in [2.75, 3.05) is 11.6 Å². The van der Waals surface area contributed by atoms with E-state index in [1.807, 2.05) is 30.5 Å². The quantitative estimate of drug-likeness (QED) is 0.673. The molecule has 0 aliphatic carbocycles. The minimum absolute atomic E-state index is 0.176. The molecular formula is C14H13NO2S. The van der Waals surface area contributed by atoms with Crippen molar-refractivity contribution in [2.24, 2.45) is 0 Å². The smallest absolute Gasteiger partial charge is 0.248 e. The van der Waals surface area contributed by atoms with Crippen LogP contribution in [-0.4, -0.2) is 12.2 Å². The van der Waals surface area contributed by atoms with Crippen molar-refractivity contribution in [3.05, 3.63) is 54.5 Å². The lowest BCUT2D eigenvalue weighted by atomic mass is 10.3. The maximum atomic E-state index is 11.7. The second kappa shape index (κ2) is 6.12. The van der Waals surface area contributed by atoms with Gasteiger partial charge in [-0.3, -0.25) is 4.79 Å². The number of rotatable bonds is 4. The van der Waals surface area contributed by atoms with E-state index in [1.165, 1.54) is 6.08 Å². The maximum absolute atomic E-state index is 11.7. The third-order valence-corrected chi connectivity index (χ3v) is 3.00. The molecule has 1 amide bonds. The van der Waals surface area contributed by atoms with E-state index in [1.54, 1.807) is 36.2 Å². The maximum Gasteiger partial charge on any atom is 0.248 e. The van der Waals surface area contributed by atoms with E-state index in [0.717, 1.165) is 10.6 Å². The highest BCUT2D eigenvalue weighted by atomic mass is 32.2. The molecule has 0 atom stereocenters. The van der Waals surface area contributed by atoms with Gasteiger partial charge in [0.2, 0.25) is 5.91 Å². The first-order valence-corrected chi connectivity index (χ1v) is 6.67. The van der Waals surface area contributed by atoms with Gasteiger partial charge in [-0.2, -0.15) is 0 Å². The van der Waals surface area contributed by atoms with Crippen LogP contribution in [-0.2, 0) is 4.79 Å². The number of thioether (sulfide) groups is 1. The molecule has 92 valence electrons. The third-order valence-electron chi connectivity index (χ3n) is 2.28. The highest BCUT2D eigenvalue weighted by Crippen LogP contribution is 2.18. The first-order valence-electron chi connectivity index (χ1n) is 5.44. The van der Waals surface area contributed by atoms with Crippen molar-refractivity contribution in [1.82, 2.24) is 0 Å². The minimum Gasteiger partial charge on any atom is -0.465 e. The zero-order valence-corrected chi connectivity index (χ0v) is 10.7. The van der Waals surface area contributed by atoms with Crippen molar-refractivity contribution in [2.45, 2.75) is 4.90 Å². The molecular weight excluding hydrogens is 246 g/mol. The number of benzene rings is 1. The summed E-state index contributed by atoms with van der Waals surface area (Å²) in [5.74, 6) is 0.479. The predicted octanol–water partition coefficient (Wildman–Crippen LogP) is 3.65. The summed E-state index contributed by atoms with van der Waals surface area (Å²) in [6.45, 7) is 0. The molecule has 0 bridgehead atoms. The average molecular weight is 259 g/mol. The monoisotopic (exact) mass is 259 g/mol. The highest BCUT2D eigenvalue weighted by molar-refractivity contribution is 7.98. The first-order chi connectivity index (χ1) is 8.78. The summed E-state index contributed by atoms with van der Waals surface area (Å²) in [6.07, 6.45) is 6.65. The fraction of sp³-hybridized carbons (Fsp3) is 0.0714. The Morgan fingerprint density at radius 1 is 1.33 bits per heavy atom. The van der Waals surface area contributed by atoms with E-state index in [2.05, 4.69) is 5.32 Å². The van der Waals surface area contributed by atoms with Crippen molar-refractivity contribution >= 4 is 29.4 Å². The molecule has 0 saturated heterocycles. The van der Waals surface area contributed by atoms with Crippen LogP contribution in [0.15, 0.2) is 58.1 Å². The number of amides is 1. The Balaban J connectivity index is 1.98. The Morgan fingerprint density at radius 3 is 2.94 bits per heavy atom. The van der Waals surface area contributed by atoms with Crippen LogP contribution in [0.25, 0.3) is 6.08 Å². The van der Waals surface area contributed by atoms with Crippen LogP contribution in [0.3, 0.4) is 0 Å². The minimum atomic E-state index is -0.176.